The van der Waals surface area contributed by atoms with Crippen LogP contribution in [0.3, 0.4) is 0 Å². The molecule has 1 saturated heterocycles. The first-order chi connectivity index (χ1) is 10.7. The number of fused-ring (bicyclic) bond motifs is 1. The van der Waals surface area contributed by atoms with Crippen LogP contribution in [0.4, 0.5) is 5.13 Å². The zero-order valence-electron chi connectivity index (χ0n) is 13.4. The van der Waals surface area contributed by atoms with Crippen LogP contribution < -0.4 is 5.32 Å². The van der Waals surface area contributed by atoms with Gasteiger partial charge in [-0.05, 0) is 32.7 Å². The molecule has 0 bridgehead atoms. The van der Waals surface area contributed by atoms with Crippen LogP contribution in [0.15, 0.2) is 0 Å². The number of nitrogens with one attached hydrogen (secondary N) is 1. The van der Waals surface area contributed by atoms with Crippen molar-refractivity contribution in [2.45, 2.75) is 38.6 Å². The molecule has 0 saturated carbocycles. The number of aliphatic hydroxyl groups excluding tert-OH is 1. The third-order valence-electron chi connectivity index (χ3n) is 4.40. The average Bonchev–Trinajstić information content (AvgIpc) is 3.06. The molecule has 0 spiro atoms. The van der Waals surface area contributed by atoms with Crippen molar-refractivity contribution < 1.29 is 5.11 Å². The second kappa shape index (κ2) is 6.93. The maximum Gasteiger partial charge on any atom is 0.185 e. The highest BCUT2D eigenvalue weighted by Crippen LogP contribution is 2.28. The van der Waals surface area contributed by atoms with Crippen LogP contribution in [-0.4, -0.2) is 57.1 Å². The number of hydrogen-bond donors (Lipinski definition) is 2. The van der Waals surface area contributed by atoms with Gasteiger partial charge in [0.15, 0.2) is 10.8 Å². The molecule has 3 heterocycles. The van der Waals surface area contributed by atoms with Crippen LogP contribution >= 0.6 is 11.3 Å². The lowest BCUT2D eigenvalue weighted by Gasteiger charge is -2.34. The molecule has 2 aromatic rings. The van der Waals surface area contributed by atoms with Gasteiger partial charge in [-0.3, -0.25) is 4.90 Å². The monoisotopic (exact) mass is 323 g/mol. The summed E-state index contributed by atoms with van der Waals surface area (Å²) in [4.78, 5) is 7.03. The first-order valence-electron chi connectivity index (χ1n) is 8.08. The van der Waals surface area contributed by atoms with Gasteiger partial charge < -0.3 is 10.4 Å². The molecule has 0 aliphatic carbocycles. The smallest absolute Gasteiger partial charge is 0.185 e. The number of hydrogen-bond acceptors (Lipinski definition) is 6. The summed E-state index contributed by atoms with van der Waals surface area (Å²) in [5.74, 6) is 0. The molecule has 1 aliphatic rings. The van der Waals surface area contributed by atoms with E-state index in [-0.39, 0.29) is 6.61 Å². The number of anilines is 1. The molecule has 7 heteroatoms. The van der Waals surface area contributed by atoms with Gasteiger partial charge in [0.05, 0.1) is 17.0 Å². The summed E-state index contributed by atoms with van der Waals surface area (Å²) in [5.41, 5.74) is 2.00. The van der Waals surface area contributed by atoms with Crippen molar-refractivity contribution in [1.29, 1.82) is 0 Å². The predicted molar refractivity (Wildman–Crippen MR) is 90.5 cm³/mol. The normalized spacial score (nSPS) is 19.9. The first kappa shape index (κ1) is 15.7. The van der Waals surface area contributed by atoms with E-state index in [2.05, 4.69) is 20.3 Å². The molecular weight excluding hydrogens is 298 g/mol. The Labute approximate surface area is 135 Å². The average molecular weight is 323 g/mol. The topological polar surface area (TPSA) is 66.2 Å². The lowest BCUT2D eigenvalue weighted by molar-refractivity contribution is 0.0901. The summed E-state index contributed by atoms with van der Waals surface area (Å²) in [6.45, 7) is 5.40. The van der Waals surface area contributed by atoms with E-state index in [1.54, 1.807) is 11.3 Å². The molecule has 2 aromatic heterocycles. The van der Waals surface area contributed by atoms with Crippen molar-refractivity contribution >= 4 is 26.8 Å². The maximum absolute atomic E-state index is 9.43. The van der Waals surface area contributed by atoms with Gasteiger partial charge in [-0.15, -0.1) is 0 Å². The van der Waals surface area contributed by atoms with E-state index in [0.29, 0.717) is 6.04 Å². The van der Waals surface area contributed by atoms with E-state index < -0.39 is 0 Å². The largest absolute Gasteiger partial charge is 0.395 e. The molecule has 22 heavy (non-hydrogen) atoms. The van der Waals surface area contributed by atoms with Gasteiger partial charge in [-0.25, -0.2) is 9.67 Å². The van der Waals surface area contributed by atoms with Gasteiger partial charge in [-0.1, -0.05) is 17.8 Å². The highest BCUT2D eigenvalue weighted by molar-refractivity contribution is 7.22. The van der Waals surface area contributed by atoms with Crippen LogP contribution in [0.25, 0.3) is 10.3 Å². The molecule has 0 amide bonds. The molecule has 1 fully saturated rings. The fourth-order valence-electron chi connectivity index (χ4n) is 3.20. The van der Waals surface area contributed by atoms with E-state index in [1.165, 1.54) is 17.5 Å². The molecule has 122 valence electrons. The van der Waals surface area contributed by atoms with Crippen LogP contribution in [-0.2, 0) is 7.05 Å². The van der Waals surface area contributed by atoms with E-state index in [1.807, 2.05) is 18.7 Å². The number of aliphatic hydroxyl groups is 1. The van der Waals surface area contributed by atoms with Gasteiger partial charge in [0, 0.05) is 26.2 Å². The second-order valence-corrected chi connectivity index (χ2v) is 7.03. The first-order valence-corrected chi connectivity index (χ1v) is 8.89. The van der Waals surface area contributed by atoms with E-state index in [4.69, 9.17) is 0 Å². The van der Waals surface area contributed by atoms with Gasteiger partial charge >= 0.3 is 0 Å². The number of thiazole rings is 1. The number of likely N-dealkylation sites (tertiary alicyclic amines) is 1. The van der Waals surface area contributed by atoms with Crippen molar-refractivity contribution in [1.82, 2.24) is 19.7 Å². The second-order valence-electron chi connectivity index (χ2n) is 6.03. The molecule has 0 aromatic carbocycles. The standard InChI is InChI=1S/C15H25N5OS/c1-11-13-14(19(2)18-11)17-15(22-13)16-7-5-9-20-8-4-3-6-12(20)10-21/h12,21H,3-10H2,1-2H3,(H,16,17)/t12-/m0/s1. The van der Waals surface area contributed by atoms with Crippen LogP contribution in [0.1, 0.15) is 31.4 Å². The Kier molecular flexibility index (Phi) is 4.95. The molecule has 1 aliphatic heterocycles. The Balaban J connectivity index is 1.48. The van der Waals surface area contributed by atoms with Gasteiger partial charge in [0.2, 0.25) is 0 Å². The minimum Gasteiger partial charge on any atom is -0.395 e. The number of nitrogens with zero attached hydrogens (tertiary/aromatic N) is 4. The molecule has 0 radical (unpaired) electrons. The van der Waals surface area contributed by atoms with Crippen molar-refractivity contribution in [3.05, 3.63) is 5.69 Å². The molecule has 0 unspecified atom stereocenters. The predicted octanol–water partition coefficient (Wildman–Crippen LogP) is 1.99. The molecule has 2 N–H and O–H groups in total. The molecule has 6 nitrogen and oxygen atoms in total. The lowest BCUT2D eigenvalue weighted by Crippen LogP contribution is -2.42. The zero-order chi connectivity index (χ0) is 15.5. The summed E-state index contributed by atoms with van der Waals surface area (Å²) in [6, 6.07) is 0.366. The van der Waals surface area contributed by atoms with Crippen LogP contribution in [0.5, 0.6) is 0 Å². The third kappa shape index (κ3) is 3.26. The number of aromatic nitrogens is 3. The Morgan fingerprint density at radius 2 is 2.27 bits per heavy atom. The molecular formula is C15H25N5OS. The Morgan fingerprint density at radius 3 is 3.05 bits per heavy atom. The van der Waals surface area contributed by atoms with Gasteiger partial charge in [-0.2, -0.15) is 5.10 Å². The molecule has 1 atom stereocenters. The summed E-state index contributed by atoms with van der Waals surface area (Å²) < 4.78 is 3.01. The van der Waals surface area contributed by atoms with Gasteiger partial charge in [0.25, 0.3) is 0 Å². The third-order valence-corrected chi connectivity index (χ3v) is 5.51. The number of aryl methyl sites for hydroxylation is 2. The van der Waals surface area contributed by atoms with Crippen molar-refractivity contribution in [3.63, 3.8) is 0 Å². The van der Waals surface area contributed by atoms with E-state index in [9.17, 15) is 5.11 Å². The van der Waals surface area contributed by atoms with E-state index >= 15 is 0 Å². The Hall–Kier alpha value is -1.18. The van der Waals surface area contributed by atoms with Crippen molar-refractivity contribution in [2.75, 3.05) is 31.6 Å². The number of piperidine rings is 1. The SMILES string of the molecule is Cc1nn(C)c2nc(NCCCN3CCCC[C@H]3CO)sc12. The highest BCUT2D eigenvalue weighted by Gasteiger charge is 2.20. The zero-order valence-corrected chi connectivity index (χ0v) is 14.2. The fraction of sp³-hybridized carbons (Fsp3) is 0.733. The fourth-order valence-corrected chi connectivity index (χ4v) is 4.16. The molecule has 3 rings (SSSR count). The highest BCUT2D eigenvalue weighted by atomic mass is 32.1. The van der Waals surface area contributed by atoms with Crippen molar-refractivity contribution in [3.8, 4) is 0 Å². The van der Waals surface area contributed by atoms with Crippen LogP contribution in [0, 0.1) is 6.92 Å². The summed E-state index contributed by atoms with van der Waals surface area (Å²) >= 11 is 1.68. The number of rotatable bonds is 6. The quantitative estimate of drug-likeness (QED) is 0.796. The minimum atomic E-state index is 0.289. The maximum atomic E-state index is 9.43. The van der Waals surface area contributed by atoms with E-state index in [0.717, 1.165) is 48.9 Å². The Morgan fingerprint density at radius 1 is 1.41 bits per heavy atom. The Bertz CT molecular complexity index is 588. The van der Waals surface area contributed by atoms with Crippen LogP contribution in [0.2, 0.25) is 0 Å². The summed E-state index contributed by atoms with van der Waals surface area (Å²) in [7, 11) is 1.93. The van der Waals surface area contributed by atoms with Crippen molar-refractivity contribution in [2.24, 2.45) is 7.05 Å². The summed E-state index contributed by atoms with van der Waals surface area (Å²) in [6.07, 6.45) is 4.71. The minimum absolute atomic E-state index is 0.289. The lowest BCUT2D eigenvalue weighted by atomic mass is 10.0. The summed E-state index contributed by atoms with van der Waals surface area (Å²) in [5, 5.41) is 18.2. The van der Waals surface area contributed by atoms with Gasteiger partial charge in [0.1, 0.15) is 0 Å².